The Balaban J connectivity index is 0.00000202. The molecule has 0 spiro atoms. The number of aliphatic hydroxyl groups is 1. The van der Waals surface area contributed by atoms with Crippen LogP contribution in [0.2, 0.25) is 0 Å². The maximum atomic E-state index is 12.6. The molecule has 228 valence electrons. The van der Waals surface area contributed by atoms with Gasteiger partial charge in [-0.1, -0.05) is 18.2 Å². The van der Waals surface area contributed by atoms with Crippen molar-refractivity contribution in [3.8, 4) is 11.5 Å². The summed E-state index contributed by atoms with van der Waals surface area (Å²) in [5.41, 5.74) is 9.00. The van der Waals surface area contributed by atoms with E-state index in [4.69, 9.17) is 19.6 Å². The first-order valence-corrected chi connectivity index (χ1v) is 14.2. The average Bonchev–Trinajstić information content (AvgIpc) is 3.58. The number of carbonyl (C=O) groups is 1. The number of amides is 1. The number of primary amides is 1. The second-order valence-corrected chi connectivity index (χ2v) is 11.0. The Bertz CT molecular complexity index is 1490. The van der Waals surface area contributed by atoms with Crippen LogP contribution in [0.15, 0.2) is 53.1 Å². The number of hydrogen-bond donors (Lipinski definition) is 2. The Kier molecular flexibility index (Phi) is 10.7. The summed E-state index contributed by atoms with van der Waals surface area (Å²) >= 11 is 0. The van der Waals surface area contributed by atoms with E-state index < -0.39 is 5.91 Å². The molecule has 0 unspecified atom stereocenters. The van der Waals surface area contributed by atoms with Crippen LogP contribution in [0, 0.1) is 0 Å². The maximum Gasteiger partial charge on any atom is 0.265 e. The van der Waals surface area contributed by atoms with Gasteiger partial charge in [-0.15, -0.1) is 24.8 Å². The maximum absolute atomic E-state index is 12.6. The molecule has 3 N–H and O–H groups in total. The molecule has 6 rings (SSSR count). The number of nitrogens with zero attached hydrogens (tertiary/aromatic N) is 3. The Morgan fingerprint density at radius 1 is 0.952 bits per heavy atom. The molecule has 42 heavy (non-hydrogen) atoms. The van der Waals surface area contributed by atoms with Crippen molar-refractivity contribution in [3.05, 3.63) is 60.0 Å². The molecular formula is C31H40Cl2N4O5. The molecule has 2 aromatic carbocycles. The Hall–Kier alpha value is -2.95. The van der Waals surface area contributed by atoms with Crippen LogP contribution in [0.4, 0.5) is 0 Å². The lowest BCUT2D eigenvalue weighted by Gasteiger charge is -2.36. The molecule has 4 heterocycles. The van der Waals surface area contributed by atoms with Crippen LogP contribution < -0.4 is 15.2 Å². The third-order valence-corrected chi connectivity index (χ3v) is 8.55. The van der Waals surface area contributed by atoms with E-state index in [1.165, 1.54) is 0 Å². The van der Waals surface area contributed by atoms with E-state index in [-0.39, 0.29) is 37.0 Å². The molecule has 2 saturated heterocycles. The molecule has 2 aliphatic heterocycles. The topological polar surface area (TPSA) is 106 Å². The summed E-state index contributed by atoms with van der Waals surface area (Å²) in [7, 11) is 1.63. The molecule has 2 aromatic heterocycles. The van der Waals surface area contributed by atoms with Gasteiger partial charge in [-0.2, -0.15) is 0 Å². The highest BCUT2D eigenvalue weighted by Gasteiger charge is 2.27. The monoisotopic (exact) mass is 618 g/mol. The highest BCUT2D eigenvalue weighted by molar-refractivity contribution is 6.00. The largest absolute Gasteiger partial charge is 0.493 e. The van der Waals surface area contributed by atoms with Crippen molar-refractivity contribution in [1.82, 2.24) is 14.4 Å². The van der Waals surface area contributed by atoms with Gasteiger partial charge >= 0.3 is 0 Å². The number of piperidine rings is 2. The number of furan rings is 1. The van der Waals surface area contributed by atoms with E-state index in [0.717, 1.165) is 86.8 Å². The van der Waals surface area contributed by atoms with Crippen molar-refractivity contribution >= 4 is 52.6 Å². The first kappa shape index (κ1) is 32.0. The van der Waals surface area contributed by atoms with E-state index in [1.54, 1.807) is 13.4 Å². The second kappa shape index (κ2) is 14.0. The van der Waals surface area contributed by atoms with E-state index in [2.05, 4.69) is 14.4 Å². The first-order valence-electron chi connectivity index (χ1n) is 14.2. The zero-order valence-corrected chi connectivity index (χ0v) is 25.5. The molecular weight excluding hydrogens is 579 g/mol. The SMILES string of the molecule is COc1cccc2c(COc3cccc4c3cc(C(N)=O)n4C3CCN(CCN4CCC(O)CC4)CC3)coc12.Cl.Cl. The molecule has 0 aliphatic carbocycles. The van der Waals surface area contributed by atoms with Crippen molar-refractivity contribution in [1.29, 1.82) is 0 Å². The summed E-state index contributed by atoms with van der Waals surface area (Å²) in [4.78, 5) is 17.5. The fourth-order valence-electron chi connectivity index (χ4n) is 6.27. The van der Waals surface area contributed by atoms with Gasteiger partial charge in [-0.05, 0) is 49.9 Å². The van der Waals surface area contributed by atoms with E-state index in [1.807, 2.05) is 42.5 Å². The Morgan fingerprint density at radius 2 is 1.60 bits per heavy atom. The summed E-state index contributed by atoms with van der Waals surface area (Å²) in [5, 5.41) is 11.6. The van der Waals surface area contributed by atoms with Crippen LogP contribution in [0.5, 0.6) is 11.5 Å². The average molecular weight is 620 g/mol. The lowest BCUT2D eigenvalue weighted by Crippen LogP contribution is -2.43. The zero-order chi connectivity index (χ0) is 27.6. The molecule has 2 aliphatic rings. The third-order valence-electron chi connectivity index (χ3n) is 8.55. The number of para-hydroxylation sites is 1. The van der Waals surface area contributed by atoms with Crippen molar-refractivity contribution in [3.63, 3.8) is 0 Å². The summed E-state index contributed by atoms with van der Waals surface area (Å²) < 4.78 is 19.6. The molecule has 0 saturated carbocycles. The summed E-state index contributed by atoms with van der Waals surface area (Å²) in [6.07, 6.45) is 5.22. The van der Waals surface area contributed by atoms with Crippen molar-refractivity contribution in [2.24, 2.45) is 5.73 Å². The standard InChI is InChI=1S/C31H38N4O5.2ClH/c1-38-29-7-2-4-24-21(20-40-30(24)29)19-39-28-6-3-5-26-25(28)18-27(31(32)37)35(26)22-8-12-33(13-9-22)16-17-34-14-10-23(36)11-15-34;;/h2-7,18,20,22-23,36H,8-17,19H2,1H3,(H2,32,37);2*1H. The second-order valence-electron chi connectivity index (χ2n) is 11.0. The number of benzene rings is 2. The summed E-state index contributed by atoms with van der Waals surface area (Å²) in [6.45, 7) is 6.30. The predicted octanol–water partition coefficient (Wildman–Crippen LogP) is 5.01. The summed E-state index contributed by atoms with van der Waals surface area (Å²) in [6, 6.07) is 13.8. The first-order chi connectivity index (χ1) is 19.5. The predicted molar refractivity (Wildman–Crippen MR) is 168 cm³/mol. The van der Waals surface area contributed by atoms with Gasteiger partial charge in [0.25, 0.3) is 5.91 Å². The lowest BCUT2D eigenvalue weighted by molar-refractivity contribution is 0.0733. The summed E-state index contributed by atoms with van der Waals surface area (Å²) in [5.74, 6) is 0.969. The highest BCUT2D eigenvalue weighted by Crippen LogP contribution is 2.36. The minimum atomic E-state index is -0.426. The molecule has 9 nitrogen and oxygen atoms in total. The fourth-order valence-corrected chi connectivity index (χ4v) is 6.27. The van der Waals surface area contributed by atoms with Gasteiger partial charge in [-0.3, -0.25) is 4.79 Å². The van der Waals surface area contributed by atoms with Crippen LogP contribution in [0.3, 0.4) is 0 Å². The van der Waals surface area contributed by atoms with Gasteiger partial charge in [-0.25, -0.2) is 0 Å². The van der Waals surface area contributed by atoms with E-state index in [9.17, 15) is 9.90 Å². The number of fused-ring (bicyclic) bond motifs is 2. The molecule has 2 fully saturated rings. The molecule has 4 aromatic rings. The molecule has 0 bridgehead atoms. The van der Waals surface area contributed by atoms with Crippen LogP contribution in [0.1, 0.15) is 47.8 Å². The number of ether oxygens (including phenoxy) is 2. The minimum Gasteiger partial charge on any atom is -0.493 e. The number of methoxy groups -OCH3 is 1. The lowest BCUT2D eigenvalue weighted by atomic mass is 10.0. The molecule has 1 amide bonds. The van der Waals surface area contributed by atoms with Gasteiger partial charge in [0.2, 0.25) is 0 Å². The van der Waals surface area contributed by atoms with Gasteiger partial charge in [0.1, 0.15) is 18.1 Å². The van der Waals surface area contributed by atoms with Gasteiger partial charge in [0.05, 0.1) is 25.0 Å². The van der Waals surface area contributed by atoms with Crippen LogP contribution >= 0.6 is 24.8 Å². The van der Waals surface area contributed by atoms with Crippen molar-refractivity contribution < 1.29 is 23.8 Å². The zero-order valence-electron chi connectivity index (χ0n) is 23.9. The molecule has 11 heteroatoms. The number of rotatable bonds is 9. The smallest absolute Gasteiger partial charge is 0.265 e. The third kappa shape index (κ3) is 6.50. The van der Waals surface area contributed by atoms with Crippen LogP contribution in [0.25, 0.3) is 21.9 Å². The number of aliphatic hydroxyl groups excluding tert-OH is 1. The highest BCUT2D eigenvalue weighted by atomic mass is 35.5. The number of hydrogen-bond acceptors (Lipinski definition) is 7. The number of aromatic nitrogens is 1. The minimum absolute atomic E-state index is 0. The molecule has 0 radical (unpaired) electrons. The molecule has 0 atom stereocenters. The number of carbonyl (C=O) groups excluding carboxylic acids is 1. The Morgan fingerprint density at radius 3 is 2.26 bits per heavy atom. The Labute approximate surface area is 258 Å². The van der Waals surface area contributed by atoms with E-state index >= 15 is 0 Å². The fraction of sp³-hybridized carbons (Fsp3) is 0.452. The quantitative estimate of drug-likeness (QED) is 0.271. The van der Waals surface area contributed by atoms with Gasteiger partial charge < -0.3 is 39.1 Å². The van der Waals surface area contributed by atoms with Crippen LogP contribution in [-0.4, -0.2) is 77.9 Å². The number of halogens is 2. The van der Waals surface area contributed by atoms with Crippen LogP contribution in [-0.2, 0) is 6.61 Å². The number of nitrogens with two attached hydrogens (primary N) is 1. The number of likely N-dealkylation sites (tertiary alicyclic amines) is 2. The van der Waals surface area contributed by atoms with Gasteiger partial charge in [0, 0.05) is 61.6 Å². The van der Waals surface area contributed by atoms with E-state index in [0.29, 0.717) is 29.4 Å². The van der Waals surface area contributed by atoms with Crippen molar-refractivity contribution in [2.45, 2.75) is 44.4 Å². The van der Waals surface area contributed by atoms with Crippen molar-refractivity contribution in [2.75, 3.05) is 46.4 Å². The normalized spacial score (nSPS) is 17.2. The van der Waals surface area contributed by atoms with Gasteiger partial charge in [0.15, 0.2) is 11.3 Å².